The molecule has 0 aromatic rings. The van der Waals surface area contributed by atoms with E-state index in [1.807, 2.05) is 6.92 Å². The lowest BCUT2D eigenvalue weighted by Gasteiger charge is -2.34. The molecule has 0 aromatic heterocycles. The second-order valence-corrected chi connectivity index (χ2v) is 6.39. The van der Waals surface area contributed by atoms with Gasteiger partial charge in [0.05, 0.1) is 0 Å². The van der Waals surface area contributed by atoms with Gasteiger partial charge in [0.2, 0.25) is 5.91 Å². The maximum absolute atomic E-state index is 11.8. The minimum atomic E-state index is -2.41. The van der Waals surface area contributed by atoms with Crippen LogP contribution in [-0.2, 0) is 29.9 Å². The third-order valence-corrected chi connectivity index (χ3v) is 4.68. The Kier molecular flexibility index (Phi) is 4.80. The van der Waals surface area contributed by atoms with Crippen LogP contribution in [0.25, 0.3) is 0 Å². The van der Waals surface area contributed by atoms with Crippen molar-refractivity contribution in [3.8, 4) is 0 Å². The zero-order chi connectivity index (χ0) is 15.6. The normalized spacial score (nSPS) is 35.2. The van der Waals surface area contributed by atoms with Crippen molar-refractivity contribution in [3.05, 3.63) is 12.7 Å². The third-order valence-electron chi connectivity index (χ3n) is 4.31. The van der Waals surface area contributed by atoms with E-state index in [2.05, 4.69) is 11.9 Å². The second-order valence-electron chi connectivity index (χ2n) is 5.77. The van der Waals surface area contributed by atoms with Gasteiger partial charge in [-0.25, -0.2) is 0 Å². The number of amides is 1. The Labute approximate surface area is 125 Å². The van der Waals surface area contributed by atoms with Crippen molar-refractivity contribution in [1.82, 2.24) is 5.32 Å². The predicted octanol–water partition coefficient (Wildman–Crippen LogP) is 0.542. The highest BCUT2D eigenvalue weighted by Crippen LogP contribution is 2.56. The molecule has 5 unspecified atom stereocenters. The van der Waals surface area contributed by atoms with Crippen LogP contribution in [0.4, 0.5) is 0 Å². The van der Waals surface area contributed by atoms with Gasteiger partial charge in [0.25, 0.3) is 0 Å². The fourth-order valence-corrected chi connectivity index (χ4v) is 3.86. The van der Waals surface area contributed by atoms with Crippen LogP contribution in [0.3, 0.4) is 0 Å². The van der Waals surface area contributed by atoms with E-state index in [4.69, 9.17) is 13.5 Å². The Bertz CT molecular complexity index is 481. The van der Waals surface area contributed by atoms with Crippen molar-refractivity contribution in [2.45, 2.75) is 38.4 Å². The average molecular weight is 317 g/mol. The van der Waals surface area contributed by atoms with Crippen molar-refractivity contribution in [2.75, 3.05) is 6.54 Å². The SMILES string of the molecule is C=CC(=O)NCC(=O)OC1C2CCC(C)(C2)C1OS(=O)O. The van der Waals surface area contributed by atoms with Crippen molar-refractivity contribution >= 4 is 23.2 Å². The van der Waals surface area contributed by atoms with Crippen LogP contribution in [0.15, 0.2) is 12.7 Å². The minimum Gasteiger partial charge on any atom is -0.458 e. The summed E-state index contributed by atoms with van der Waals surface area (Å²) in [5, 5.41) is 2.33. The van der Waals surface area contributed by atoms with E-state index in [0.29, 0.717) is 0 Å². The monoisotopic (exact) mass is 317 g/mol. The number of ether oxygens (including phenoxy) is 1. The predicted molar refractivity (Wildman–Crippen MR) is 74.2 cm³/mol. The van der Waals surface area contributed by atoms with Crippen LogP contribution in [0.2, 0.25) is 0 Å². The number of fused-ring (bicyclic) bond motifs is 2. The second kappa shape index (κ2) is 6.25. The molecule has 2 N–H and O–H groups in total. The molecule has 0 aromatic carbocycles. The lowest BCUT2D eigenvalue weighted by Crippen LogP contribution is -2.44. The number of carbonyl (C=O) groups is 2. The fourth-order valence-electron chi connectivity index (χ4n) is 3.34. The molecule has 0 radical (unpaired) electrons. The van der Waals surface area contributed by atoms with Gasteiger partial charge in [-0.2, -0.15) is 4.21 Å². The maximum Gasteiger partial charge on any atom is 0.325 e. The van der Waals surface area contributed by atoms with Gasteiger partial charge in [0.15, 0.2) is 0 Å². The zero-order valence-electron chi connectivity index (χ0n) is 11.7. The Morgan fingerprint density at radius 3 is 2.90 bits per heavy atom. The molecule has 0 heterocycles. The number of carbonyl (C=O) groups excluding carboxylic acids is 2. The highest BCUT2D eigenvalue weighted by molar-refractivity contribution is 7.74. The summed E-state index contributed by atoms with van der Waals surface area (Å²) in [4.78, 5) is 22.8. The zero-order valence-corrected chi connectivity index (χ0v) is 12.6. The molecule has 0 saturated heterocycles. The average Bonchev–Trinajstić information content (AvgIpc) is 2.92. The smallest absolute Gasteiger partial charge is 0.325 e. The molecule has 2 fully saturated rings. The topological polar surface area (TPSA) is 102 Å². The Balaban J connectivity index is 1.97. The van der Waals surface area contributed by atoms with Crippen molar-refractivity contribution in [2.24, 2.45) is 11.3 Å². The first kappa shape index (κ1) is 16.1. The minimum absolute atomic E-state index is 0.127. The summed E-state index contributed by atoms with van der Waals surface area (Å²) in [6.07, 6.45) is 2.49. The van der Waals surface area contributed by atoms with Gasteiger partial charge in [-0.1, -0.05) is 13.5 Å². The Morgan fingerprint density at radius 1 is 1.57 bits per heavy atom. The van der Waals surface area contributed by atoms with Gasteiger partial charge in [0.1, 0.15) is 18.8 Å². The molecule has 0 aliphatic heterocycles. The number of nitrogens with one attached hydrogen (secondary N) is 1. The van der Waals surface area contributed by atoms with Gasteiger partial charge < -0.3 is 10.1 Å². The van der Waals surface area contributed by atoms with Crippen molar-refractivity contribution < 1.29 is 27.3 Å². The van der Waals surface area contributed by atoms with Gasteiger partial charge in [-0.3, -0.25) is 18.3 Å². The van der Waals surface area contributed by atoms with Crippen LogP contribution in [-0.4, -0.2) is 39.4 Å². The summed E-state index contributed by atoms with van der Waals surface area (Å²) in [5.41, 5.74) is -0.252. The first-order valence-corrected chi connectivity index (χ1v) is 7.76. The van der Waals surface area contributed by atoms with E-state index in [9.17, 15) is 13.8 Å². The molecule has 8 heteroatoms. The summed E-state index contributed by atoms with van der Waals surface area (Å²) in [6.45, 7) is 4.99. The van der Waals surface area contributed by atoms with Crippen LogP contribution in [0.5, 0.6) is 0 Å². The summed E-state index contributed by atoms with van der Waals surface area (Å²) >= 11 is -2.41. The van der Waals surface area contributed by atoms with Crippen molar-refractivity contribution in [3.63, 3.8) is 0 Å². The molecule has 2 aliphatic carbocycles. The van der Waals surface area contributed by atoms with Gasteiger partial charge in [-0.15, -0.1) is 0 Å². The van der Waals surface area contributed by atoms with Gasteiger partial charge in [0, 0.05) is 0 Å². The van der Waals surface area contributed by atoms with Crippen LogP contribution in [0.1, 0.15) is 26.2 Å². The van der Waals surface area contributed by atoms with E-state index < -0.39 is 35.4 Å². The number of esters is 1. The molecule has 0 spiro atoms. The quantitative estimate of drug-likeness (QED) is 0.421. The van der Waals surface area contributed by atoms with E-state index >= 15 is 0 Å². The highest BCUT2D eigenvalue weighted by atomic mass is 32.2. The third kappa shape index (κ3) is 3.50. The lowest BCUT2D eigenvalue weighted by molar-refractivity contribution is -0.158. The number of hydrogen-bond acceptors (Lipinski definition) is 5. The Hall–Kier alpha value is -1.25. The summed E-state index contributed by atoms with van der Waals surface area (Å²) in [5.74, 6) is -0.928. The van der Waals surface area contributed by atoms with Gasteiger partial charge in [-0.05, 0) is 36.7 Å². The Morgan fingerprint density at radius 2 is 2.29 bits per heavy atom. The first-order valence-electron chi connectivity index (χ1n) is 6.73. The highest BCUT2D eigenvalue weighted by Gasteiger charge is 2.58. The molecule has 118 valence electrons. The van der Waals surface area contributed by atoms with E-state index in [-0.39, 0.29) is 17.9 Å². The number of rotatable bonds is 6. The summed E-state index contributed by atoms with van der Waals surface area (Å²) < 4.78 is 30.3. The fraction of sp³-hybridized carbons (Fsp3) is 0.692. The van der Waals surface area contributed by atoms with Crippen LogP contribution in [0, 0.1) is 11.3 Å². The first-order chi connectivity index (χ1) is 9.85. The lowest BCUT2D eigenvalue weighted by atomic mass is 9.83. The summed E-state index contributed by atoms with van der Waals surface area (Å²) in [6, 6.07) is 0. The van der Waals surface area contributed by atoms with Crippen LogP contribution >= 0.6 is 0 Å². The molecule has 2 saturated carbocycles. The van der Waals surface area contributed by atoms with E-state index in [1.54, 1.807) is 0 Å². The molecule has 5 atom stereocenters. The van der Waals surface area contributed by atoms with Crippen molar-refractivity contribution in [1.29, 1.82) is 0 Å². The molecule has 7 nitrogen and oxygen atoms in total. The molecule has 2 bridgehead atoms. The van der Waals surface area contributed by atoms with E-state index in [1.165, 1.54) is 0 Å². The molecule has 1 amide bonds. The molecular weight excluding hydrogens is 298 g/mol. The van der Waals surface area contributed by atoms with Crippen LogP contribution < -0.4 is 5.32 Å². The van der Waals surface area contributed by atoms with E-state index in [0.717, 1.165) is 25.3 Å². The molecule has 21 heavy (non-hydrogen) atoms. The molecule has 2 aliphatic rings. The maximum atomic E-state index is 11.8. The largest absolute Gasteiger partial charge is 0.458 e. The molecular formula is C13H19NO6S. The summed E-state index contributed by atoms with van der Waals surface area (Å²) in [7, 11) is 0. The number of hydrogen-bond donors (Lipinski definition) is 2. The molecule has 2 rings (SSSR count). The van der Waals surface area contributed by atoms with Gasteiger partial charge >= 0.3 is 17.3 Å². The standard InChI is InChI=1S/C13H19NO6S/c1-3-9(15)14-7-10(16)19-11-8-4-5-13(2,6-8)12(11)20-21(17)18/h3,8,11-12H,1,4-7H2,2H3,(H,14,15)(H,17,18).